The first-order valence-electron chi connectivity index (χ1n) is 5.27. The molecule has 8 heteroatoms. The summed E-state index contributed by atoms with van der Waals surface area (Å²) in [5.41, 5.74) is -7.04. The van der Waals surface area contributed by atoms with Gasteiger partial charge in [-0.3, -0.25) is 0 Å². The van der Waals surface area contributed by atoms with Crippen LogP contribution < -0.4 is 5.32 Å². The predicted molar refractivity (Wildman–Crippen MR) is 66.2 cm³/mol. The third kappa shape index (κ3) is 3.22. The van der Waals surface area contributed by atoms with E-state index in [9.17, 15) is 26.0 Å². The Morgan fingerprint density at radius 1 is 1.25 bits per heavy atom. The monoisotopic (exact) mass is 309 g/mol. The molecule has 0 radical (unpaired) electrons. The molecule has 1 N–H and O–H groups in total. The summed E-state index contributed by atoms with van der Waals surface area (Å²) in [6.07, 6.45) is 5.17. The summed E-state index contributed by atoms with van der Waals surface area (Å²) in [5, 5.41) is 2.46. The van der Waals surface area contributed by atoms with Crippen LogP contribution in [0.15, 0.2) is 23.1 Å². The van der Waals surface area contributed by atoms with Crippen LogP contribution in [0, 0.1) is 18.2 Å². The van der Waals surface area contributed by atoms with Gasteiger partial charge in [0, 0.05) is 0 Å². The van der Waals surface area contributed by atoms with Crippen LogP contribution in [0.3, 0.4) is 0 Å². The van der Waals surface area contributed by atoms with Crippen LogP contribution in [0.5, 0.6) is 0 Å². The lowest BCUT2D eigenvalue weighted by atomic mass is 10.1. The van der Waals surface area contributed by atoms with Crippen molar-refractivity contribution in [2.45, 2.75) is 29.8 Å². The van der Waals surface area contributed by atoms with E-state index in [1.807, 2.05) is 0 Å². The van der Waals surface area contributed by atoms with Crippen molar-refractivity contribution < 1.29 is 26.0 Å². The van der Waals surface area contributed by atoms with Gasteiger partial charge in [0.25, 0.3) is 9.84 Å². The van der Waals surface area contributed by atoms with E-state index >= 15 is 0 Å². The number of nitrogens with one attached hydrogen (secondary N) is 1. The Labute approximate surface area is 113 Å². The van der Waals surface area contributed by atoms with Gasteiger partial charge in [0.2, 0.25) is 0 Å². The molecule has 3 nitrogen and oxygen atoms in total. The molecule has 1 rings (SSSR count). The molecule has 0 saturated heterocycles. The summed E-state index contributed by atoms with van der Waals surface area (Å²) >= 11 is 0. The van der Waals surface area contributed by atoms with Crippen molar-refractivity contribution in [3.05, 3.63) is 24.0 Å². The fourth-order valence-corrected chi connectivity index (χ4v) is 2.24. The van der Waals surface area contributed by atoms with E-state index in [4.69, 9.17) is 6.42 Å². The van der Waals surface area contributed by atoms with Crippen LogP contribution in [0.2, 0.25) is 0 Å². The van der Waals surface area contributed by atoms with Gasteiger partial charge in [-0.05, 0) is 32.0 Å². The fourth-order valence-electron chi connectivity index (χ4n) is 1.32. The van der Waals surface area contributed by atoms with Crippen molar-refractivity contribution in [2.75, 3.05) is 5.32 Å². The van der Waals surface area contributed by atoms with E-state index < -0.39 is 37.3 Å². The first-order valence-corrected chi connectivity index (χ1v) is 6.76. The molecule has 20 heavy (non-hydrogen) atoms. The van der Waals surface area contributed by atoms with Crippen molar-refractivity contribution in [1.29, 1.82) is 0 Å². The first-order chi connectivity index (χ1) is 8.90. The summed E-state index contributed by atoms with van der Waals surface area (Å²) in [6, 6.07) is 2.04. The van der Waals surface area contributed by atoms with Crippen LogP contribution in [-0.4, -0.2) is 19.5 Å². The average Bonchev–Trinajstić information content (AvgIpc) is 2.29. The molecule has 1 aromatic rings. The van der Waals surface area contributed by atoms with Crippen molar-refractivity contribution in [3.8, 4) is 12.3 Å². The van der Waals surface area contributed by atoms with Gasteiger partial charge in [-0.1, -0.05) is 5.92 Å². The molecule has 0 heterocycles. The third-order valence-electron chi connectivity index (χ3n) is 2.35. The molecule has 0 aliphatic carbocycles. The summed E-state index contributed by atoms with van der Waals surface area (Å²) in [6.45, 7) is 2.92. The van der Waals surface area contributed by atoms with E-state index in [1.54, 1.807) is 0 Å². The second kappa shape index (κ2) is 4.98. The maximum Gasteiger partial charge on any atom is 0.501 e. The number of anilines is 1. The lowest BCUT2D eigenvalue weighted by Crippen LogP contribution is -2.31. The van der Waals surface area contributed by atoms with Gasteiger partial charge < -0.3 is 5.32 Å². The second-order valence-corrected chi connectivity index (χ2v) is 6.39. The SMILES string of the molecule is C#CC(C)(C)Nc1ccc(F)cc1S(=O)(=O)C(F)(F)F. The first kappa shape index (κ1) is 16.3. The molecule has 0 aliphatic rings. The number of alkyl halides is 3. The van der Waals surface area contributed by atoms with E-state index in [0.717, 1.165) is 12.1 Å². The summed E-state index contributed by atoms with van der Waals surface area (Å²) in [7, 11) is -5.68. The minimum Gasteiger partial charge on any atom is -0.368 e. The van der Waals surface area contributed by atoms with Gasteiger partial charge in [0.1, 0.15) is 10.7 Å². The highest BCUT2D eigenvalue weighted by atomic mass is 32.2. The van der Waals surface area contributed by atoms with Crippen molar-refractivity contribution in [1.82, 2.24) is 0 Å². The maximum atomic E-state index is 13.1. The highest BCUT2D eigenvalue weighted by molar-refractivity contribution is 7.92. The Balaban J connectivity index is 3.49. The molecule has 0 bridgehead atoms. The normalized spacial score (nSPS) is 12.8. The number of halogens is 4. The molecule has 0 aliphatic heterocycles. The second-order valence-electron chi connectivity index (χ2n) is 4.48. The van der Waals surface area contributed by atoms with Crippen LogP contribution in [0.1, 0.15) is 13.8 Å². The zero-order chi connectivity index (χ0) is 15.8. The summed E-state index contributed by atoms with van der Waals surface area (Å²) in [4.78, 5) is -1.20. The quantitative estimate of drug-likeness (QED) is 0.690. The topological polar surface area (TPSA) is 46.2 Å². The van der Waals surface area contributed by atoms with E-state index in [-0.39, 0.29) is 0 Å². The van der Waals surface area contributed by atoms with Crippen LogP contribution in [0.4, 0.5) is 23.2 Å². The molecule has 0 fully saturated rings. The number of sulfone groups is 1. The van der Waals surface area contributed by atoms with Crippen LogP contribution >= 0.6 is 0 Å². The summed E-state index contributed by atoms with van der Waals surface area (Å²) < 4.78 is 73.6. The average molecular weight is 309 g/mol. The zero-order valence-electron chi connectivity index (χ0n) is 10.5. The molecule has 0 spiro atoms. The molecule has 0 atom stereocenters. The van der Waals surface area contributed by atoms with E-state index in [2.05, 4.69) is 11.2 Å². The lowest BCUT2D eigenvalue weighted by Gasteiger charge is -2.23. The van der Waals surface area contributed by atoms with Gasteiger partial charge in [-0.2, -0.15) is 13.2 Å². The van der Waals surface area contributed by atoms with Crippen molar-refractivity contribution in [3.63, 3.8) is 0 Å². The van der Waals surface area contributed by atoms with Crippen molar-refractivity contribution >= 4 is 15.5 Å². The zero-order valence-corrected chi connectivity index (χ0v) is 11.4. The number of terminal acetylenes is 1. The number of benzene rings is 1. The largest absolute Gasteiger partial charge is 0.501 e. The molecular weight excluding hydrogens is 298 g/mol. The Morgan fingerprint density at radius 3 is 2.25 bits per heavy atom. The molecule has 110 valence electrons. The molecular formula is C12H11F4NO2S. The molecule has 0 aromatic heterocycles. The lowest BCUT2D eigenvalue weighted by molar-refractivity contribution is -0.0435. The van der Waals surface area contributed by atoms with E-state index in [0.29, 0.717) is 6.07 Å². The number of hydrogen-bond donors (Lipinski definition) is 1. The van der Waals surface area contributed by atoms with Crippen LogP contribution in [-0.2, 0) is 9.84 Å². The van der Waals surface area contributed by atoms with E-state index in [1.165, 1.54) is 13.8 Å². The predicted octanol–water partition coefficient (Wildman–Crippen LogP) is 2.94. The molecule has 0 saturated carbocycles. The maximum absolute atomic E-state index is 13.1. The Kier molecular flexibility index (Phi) is 4.06. The van der Waals surface area contributed by atoms with Gasteiger partial charge >= 0.3 is 5.51 Å². The van der Waals surface area contributed by atoms with Gasteiger partial charge in [-0.25, -0.2) is 12.8 Å². The van der Waals surface area contributed by atoms with Crippen molar-refractivity contribution in [2.24, 2.45) is 0 Å². The number of rotatable bonds is 3. The fraction of sp³-hybridized carbons (Fsp3) is 0.333. The molecule has 1 aromatic carbocycles. The highest BCUT2D eigenvalue weighted by Gasteiger charge is 2.48. The summed E-state index contributed by atoms with van der Waals surface area (Å²) in [5.74, 6) is 1.14. The Morgan fingerprint density at radius 2 is 1.80 bits per heavy atom. The molecule has 0 amide bonds. The Hall–Kier alpha value is -1.75. The van der Waals surface area contributed by atoms with Crippen LogP contribution in [0.25, 0.3) is 0 Å². The Bertz CT molecular complexity index is 657. The molecule has 0 unspecified atom stereocenters. The number of hydrogen-bond acceptors (Lipinski definition) is 3. The minimum absolute atomic E-state index is 0.303. The highest BCUT2D eigenvalue weighted by Crippen LogP contribution is 2.35. The minimum atomic E-state index is -5.68. The van der Waals surface area contributed by atoms with Gasteiger partial charge in [-0.15, -0.1) is 6.42 Å². The van der Waals surface area contributed by atoms with Gasteiger partial charge in [0.15, 0.2) is 0 Å². The smallest absolute Gasteiger partial charge is 0.368 e. The standard InChI is InChI=1S/C12H11F4NO2S/c1-4-11(2,3)17-9-6-5-8(13)7-10(9)20(18,19)12(14,15)16/h1,5-7,17H,2-3H3. The third-order valence-corrected chi connectivity index (χ3v) is 3.87. The van der Waals surface area contributed by atoms with Gasteiger partial charge in [0.05, 0.1) is 11.2 Å².